The fraction of sp³-hybridized carbons (Fsp3) is 0.571. The number of nitrogens with zero attached hydrogens (tertiary/aromatic N) is 2. The Bertz CT molecular complexity index is 584. The summed E-state index contributed by atoms with van der Waals surface area (Å²) in [5, 5.41) is 0. The largest absolute Gasteiger partial charge is 0.379 e. The van der Waals surface area contributed by atoms with Crippen molar-refractivity contribution < 1.29 is 14.3 Å². The summed E-state index contributed by atoms with van der Waals surface area (Å²) < 4.78 is 11.1. The molecule has 0 bridgehead atoms. The second kappa shape index (κ2) is 9.86. The van der Waals surface area contributed by atoms with Crippen LogP contribution in [-0.2, 0) is 20.7 Å². The smallest absolute Gasteiger partial charge is 0.246 e. The lowest BCUT2D eigenvalue weighted by atomic mass is 9.92. The van der Waals surface area contributed by atoms with Crippen molar-refractivity contribution >= 4 is 5.91 Å². The quantitative estimate of drug-likeness (QED) is 0.731. The summed E-state index contributed by atoms with van der Waals surface area (Å²) >= 11 is 0. The number of piperidine rings is 1. The minimum atomic E-state index is 0.0942. The molecule has 0 N–H and O–H groups in total. The molecular formula is C21H30N2O3. The summed E-state index contributed by atoms with van der Waals surface area (Å²) in [6.45, 7) is 5.04. The molecule has 5 heteroatoms. The van der Waals surface area contributed by atoms with E-state index >= 15 is 0 Å². The van der Waals surface area contributed by atoms with Gasteiger partial charge in [-0.2, -0.15) is 0 Å². The first-order valence-electron chi connectivity index (χ1n) is 9.62. The standard InChI is InChI=1S/C21H30N2O3/c1-25-20-9-5-12-23(19(20)17-18-7-3-2-4-8-18)21(24)10-6-11-22-13-15-26-16-14-22/h2-4,6-8,10,19-20H,5,9,11-17H2,1H3/b10-6+/t19-,20-/m0/s1. The minimum absolute atomic E-state index is 0.0942. The van der Waals surface area contributed by atoms with Crippen molar-refractivity contribution in [1.29, 1.82) is 0 Å². The molecule has 5 nitrogen and oxygen atoms in total. The topological polar surface area (TPSA) is 42.0 Å². The van der Waals surface area contributed by atoms with E-state index in [0.717, 1.165) is 58.7 Å². The van der Waals surface area contributed by atoms with Crippen LogP contribution in [0, 0.1) is 0 Å². The third kappa shape index (κ3) is 5.16. The number of likely N-dealkylation sites (tertiary alicyclic amines) is 1. The van der Waals surface area contributed by atoms with Gasteiger partial charge in [0.25, 0.3) is 0 Å². The van der Waals surface area contributed by atoms with Crippen LogP contribution in [0.5, 0.6) is 0 Å². The molecule has 0 saturated carbocycles. The van der Waals surface area contributed by atoms with Gasteiger partial charge in [0.05, 0.1) is 25.4 Å². The number of carbonyl (C=O) groups is 1. The number of carbonyl (C=O) groups excluding carboxylic acids is 1. The van der Waals surface area contributed by atoms with E-state index in [4.69, 9.17) is 9.47 Å². The predicted molar refractivity (Wildman–Crippen MR) is 102 cm³/mol. The summed E-state index contributed by atoms with van der Waals surface area (Å²) in [4.78, 5) is 17.2. The van der Waals surface area contributed by atoms with Gasteiger partial charge in [0, 0.05) is 39.4 Å². The van der Waals surface area contributed by atoms with E-state index in [9.17, 15) is 4.79 Å². The Morgan fingerprint density at radius 3 is 2.73 bits per heavy atom. The predicted octanol–water partition coefficient (Wildman–Crippen LogP) is 2.12. The van der Waals surface area contributed by atoms with Crippen LogP contribution >= 0.6 is 0 Å². The maximum Gasteiger partial charge on any atom is 0.246 e. The Kier molecular flexibility index (Phi) is 7.23. The monoisotopic (exact) mass is 358 g/mol. The first kappa shape index (κ1) is 19.1. The lowest BCUT2D eigenvalue weighted by Gasteiger charge is -2.40. The lowest BCUT2D eigenvalue weighted by Crippen LogP contribution is -2.52. The molecule has 0 aromatic heterocycles. The van der Waals surface area contributed by atoms with Crippen LogP contribution < -0.4 is 0 Å². The number of morpholine rings is 1. The highest BCUT2D eigenvalue weighted by Gasteiger charge is 2.33. The number of benzene rings is 1. The van der Waals surface area contributed by atoms with Gasteiger partial charge in [-0.15, -0.1) is 0 Å². The second-order valence-electron chi connectivity index (χ2n) is 7.02. The van der Waals surface area contributed by atoms with Crippen LogP contribution in [0.15, 0.2) is 42.5 Å². The summed E-state index contributed by atoms with van der Waals surface area (Å²) in [5.41, 5.74) is 1.25. The fourth-order valence-electron chi connectivity index (χ4n) is 3.85. The Morgan fingerprint density at radius 1 is 1.23 bits per heavy atom. The van der Waals surface area contributed by atoms with Crippen molar-refractivity contribution in [2.24, 2.45) is 0 Å². The molecule has 26 heavy (non-hydrogen) atoms. The number of methoxy groups -OCH3 is 1. The van der Waals surface area contributed by atoms with Crippen LogP contribution in [0.4, 0.5) is 0 Å². The van der Waals surface area contributed by atoms with Crippen LogP contribution in [0.1, 0.15) is 18.4 Å². The van der Waals surface area contributed by atoms with E-state index in [1.807, 2.05) is 29.2 Å². The van der Waals surface area contributed by atoms with E-state index in [1.54, 1.807) is 13.2 Å². The molecule has 2 heterocycles. The van der Waals surface area contributed by atoms with Gasteiger partial charge in [-0.1, -0.05) is 36.4 Å². The van der Waals surface area contributed by atoms with Crippen LogP contribution in [-0.4, -0.2) is 74.4 Å². The lowest BCUT2D eigenvalue weighted by molar-refractivity contribution is -0.134. The van der Waals surface area contributed by atoms with Gasteiger partial charge in [-0.25, -0.2) is 0 Å². The normalized spacial score (nSPS) is 24.9. The molecule has 2 aliphatic rings. The molecule has 2 saturated heterocycles. The van der Waals surface area contributed by atoms with Crippen molar-refractivity contribution in [3.8, 4) is 0 Å². The highest BCUT2D eigenvalue weighted by atomic mass is 16.5. The SMILES string of the molecule is CO[C@H]1CCCN(C(=O)/C=C/CN2CCOCC2)[C@H]1Cc1ccccc1. The Morgan fingerprint density at radius 2 is 2.00 bits per heavy atom. The highest BCUT2D eigenvalue weighted by Crippen LogP contribution is 2.24. The summed E-state index contributed by atoms with van der Waals surface area (Å²) in [5.74, 6) is 0.0981. The van der Waals surface area contributed by atoms with E-state index in [2.05, 4.69) is 17.0 Å². The number of hydrogen-bond donors (Lipinski definition) is 0. The average molecular weight is 358 g/mol. The number of hydrogen-bond acceptors (Lipinski definition) is 4. The molecule has 2 fully saturated rings. The third-order valence-electron chi connectivity index (χ3n) is 5.32. The number of ether oxygens (including phenoxy) is 2. The summed E-state index contributed by atoms with van der Waals surface area (Å²) in [7, 11) is 1.75. The third-order valence-corrected chi connectivity index (χ3v) is 5.32. The zero-order valence-electron chi connectivity index (χ0n) is 15.7. The van der Waals surface area contributed by atoms with Gasteiger partial charge < -0.3 is 14.4 Å². The highest BCUT2D eigenvalue weighted by molar-refractivity contribution is 5.88. The first-order valence-corrected chi connectivity index (χ1v) is 9.62. The van der Waals surface area contributed by atoms with Gasteiger partial charge in [-0.3, -0.25) is 9.69 Å². The molecule has 2 atom stereocenters. The minimum Gasteiger partial charge on any atom is -0.379 e. The molecular weight excluding hydrogens is 328 g/mol. The van der Waals surface area contributed by atoms with E-state index < -0.39 is 0 Å². The second-order valence-corrected chi connectivity index (χ2v) is 7.02. The molecule has 0 unspecified atom stereocenters. The maximum absolute atomic E-state index is 12.8. The molecule has 3 rings (SSSR count). The van der Waals surface area contributed by atoms with Crippen LogP contribution in [0.3, 0.4) is 0 Å². The molecule has 1 aromatic rings. The molecule has 142 valence electrons. The molecule has 1 aromatic carbocycles. The van der Waals surface area contributed by atoms with Gasteiger partial charge in [0.1, 0.15) is 0 Å². The van der Waals surface area contributed by atoms with E-state index in [0.29, 0.717) is 0 Å². The number of rotatable bonds is 6. The van der Waals surface area contributed by atoms with Crippen molar-refractivity contribution in [2.75, 3.05) is 46.5 Å². The van der Waals surface area contributed by atoms with E-state index in [-0.39, 0.29) is 18.1 Å². The Labute approximate surface area is 156 Å². The number of amides is 1. The van der Waals surface area contributed by atoms with Gasteiger partial charge in [0.15, 0.2) is 0 Å². The molecule has 2 aliphatic heterocycles. The van der Waals surface area contributed by atoms with Gasteiger partial charge >= 0.3 is 0 Å². The Hall–Kier alpha value is -1.69. The fourth-order valence-corrected chi connectivity index (χ4v) is 3.85. The summed E-state index contributed by atoms with van der Waals surface area (Å²) in [6, 6.07) is 10.5. The zero-order valence-corrected chi connectivity index (χ0v) is 15.7. The Balaban J connectivity index is 1.63. The zero-order chi connectivity index (χ0) is 18.2. The van der Waals surface area contributed by atoms with Crippen molar-refractivity contribution in [2.45, 2.75) is 31.4 Å². The van der Waals surface area contributed by atoms with Crippen LogP contribution in [0.2, 0.25) is 0 Å². The van der Waals surface area contributed by atoms with E-state index in [1.165, 1.54) is 5.56 Å². The average Bonchev–Trinajstić information content (AvgIpc) is 2.69. The van der Waals surface area contributed by atoms with Gasteiger partial charge in [0.2, 0.25) is 5.91 Å². The summed E-state index contributed by atoms with van der Waals surface area (Å²) in [6.07, 6.45) is 6.67. The maximum atomic E-state index is 12.8. The van der Waals surface area contributed by atoms with Crippen molar-refractivity contribution in [1.82, 2.24) is 9.80 Å². The van der Waals surface area contributed by atoms with Crippen molar-refractivity contribution in [3.05, 3.63) is 48.0 Å². The van der Waals surface area contributed by atoms with Gasteiger partial charge in [-0.05, 0) is 24.8 Å². The molecule has 1 amide bonds. The molecule has 0 radical (unpaired) electrons. The van der Waals surface area contributed by atoms with Crippen LogP contribution in [0.25, 0.3) is 0 Å². The first-order chi connectivity index (χ1) is 12.8. The van der Waals surface area contributed by atoms with Crippen molar-refractivity contribution in [3.63, 3.8) is 0 Å². The molecule has 0 aliphatic carbocycles. The molecule has 0 spiro atoms.